The Morgan fingerprint density at radius 2 is 2.00 bits per heavy atom. The zero-order valence-corrected chi connectivity index (χ0v) is 9.83. The molecule has 1 unspecified atom stereocenters. The average Bonchev–Trinajstić information content (AvgIpc) is 2.28. The van der Waals surface area contributed by atoms with Gasteiger partial charge in [0.05, 0.1) is 14.2 Å². The lowest BCUT2D eigenvalue weighted by atomic mass is 9.99. The molecule has 0 fully saturated rings. The van der Waals surface area contributed by atoms with E-state index in [9.17, 15) is 0 Å². The molecular formula is C12H19NO2. The predicted molar refractivity (Wildman–Crippen MR) is 61.9 cm³/mol. The van der Waals surface area contributed by atoms with E-state index in [2.05, 4.69) is 18.3 Å². The van der Waals surface area contributed by atoms with Crippen LogP contribution in [0.25, 0.3) is 0 Å². The predicted octanol–water partition coefficient (Wildman–Crippen LogP) is 2.03. The van der Waals surface area contributed by atoms with Crippen LogP contribution >= 0.6 is 0 Å². The van der Waals surface area contributed by atoms with E-state index in [0.29, 0.717) is 5.92 Å². The maximum atomic E-state index is 5.38. The summed E-state index contributed by atoms with van der Waals surface area (Å²) in [4.78, 5) is 0. The van der Waals surface area contributed by atoms with Gasteiger partial charge in [0.15, 0.2) is 11.5 Å². The van der Waals surface area contributed by atoms with Crippen LogP contribution in [-0.4, -0.2) is 27.8 Å². The molecule has 3 nitrogen and oxygen atoms in total. The largest absolute Gasteiger partial charge is 0.493 e. The summed E-state index contributed by atoms with van der Waals surface area (Å²) in [6.45, 7) is 3.08. The number of ether oxygens (including phenoxy) is 2. The van der Waals surface area contributed by atoms with Gasteiger partial charge >= 0.3 is 0 Å². The summed E-state index contributed by atoms with van der Waals surface area (Å²) >= 11 is 0. The van der Waals surface area contributed by atoms with Crippen LogP contribution < -0.4 is 14.8 Å². The Morgan fingerprint density at radius 3 is 2.53 bits per heavy atom. The normalized spacial score (nSPS) is 12.3. The van der Waals surface area contributed by atoms with Crippen molar-refractivity contribution in [1.29, 1.82) is 0 Å². The molecule has 0 aromatic heterocycles. The summed E-state index contributed by atoms with van der Waals surface area (Å²) < 4.78 is 10.6. The van der Waals surface area contributed by atoms with Gasteiger partial charge < -0.3 is 14.8 Å². The lowest BCUT2D eigenvalue weighted by molar-refractivity contribution is 0.349. The molecule has 0 saturated carbocycles. The Balaban J connectivity index is 3.05. The average molecular weight is 209 g/mol. The topological polar surface area (TPSA) is 30.5 Å². The lowest BCUT2D eigenvalue weighted by Gasteiger charge is -2.17. The first-order chi connectivity index (χ1) is 7.24. The highest BCUT2D eigenvalue weighted by molar-refractivity contribution is 5.48. The Bertz CT molecular complexity index is 312. The molecule has 0 aliphatic rings. The zero-order chi connectivity index (χ0) is 11.3. The van der Waals surface area contributed by atoms with Crippen molar-refractivity contribution in [2.24, 2.45) is 0 Å². The van der Waals surface area contributed by atoms with E-state index >= 15 is 0 Å². The van der Waals surface area contributed by atoms with Gasteiger partial charge in [-0.25, -0.2) is 0 Å². The van der Waals surface area contributed by atoms with Crippen molar-refractivity contribution in [2.75, 3.05) is 27.8 Å². The van der Waals surface area contributed by atoms with Gasteiger partial charge in [-0.1, -0.05) is 19.1 Å². The van der Waals surface area contributed by atoms with Crippen LogP contribution in [0.3, 0.4) is 0 Å². The summed E-state index contributed by atoms with van der Waals surface area (Å²) in [5, 5.41) is 3.16. The van der Waals surface area contributed by atoms with E-state index < -0.39 is 0 Å². The summed E-state index contributed by atoms with van der Waals surface area (Å²) in [5.74, 6) is 2.03. The molecular weight excluding hydrogens is 190 g/mol. The molecule has 0 aliphatic carbocycles. The molecule has 1 rings (SSSR count). The van der Waals surface area contributed by atoms with Crippen molar-refractivity contribution in [3.05, 3.63) is 23.8 Å². The second-order valence-corrected chi connectivity index (χ2v) is 3.54. The highest BCUT2D eigenvalue weighted by Crippen LogP contribution is 2.34. The van der Waals surface area contributed by atoms with E-state index in [1.807, 2.05) is 19.2 Å². The van der Waals surface area contributed by atoms with Crippen LogP contribution in [0.2, 0.25) is 0 Å². The number of hydrogen-bond acceptors (Lipinski definition) is 3. The van der Waals surface area contributed by atoms with Gasteiger partial charge in [-0.3, -0.25) is 0 Å². The Morgan fingerprint density at radius 1 is 1.27 bits per heavy atom. The molecule has 0 amide bonds. The first kappa shape index (κ1) is 11.9. The van der Waals surface area contributed by atoms with Crippen molar-refractivity contribution < 1.29 is 9.47 Å². The van der Waals surface area contributed by atoms with Crippen LogP contribution in [0.4, 0.5) is 0 Å². The number of para-hydroxylation sites is 1. The molecule has 0 radical (unpaired) electrons. The van der Waals surface area contributed by atoms with E-state index in [1.54, 1.807) is 14.2 Å². The Hall–Kier alpha value is -1.22. The molecule has 0 spiro atoms. The minimum atomic E-state index is 0.403. The third kappa shape index (κ3) is 2.63. The standard InChI is InChI=1S/C12H19NO2/c1-9(8-13-2)10-6-5-7-11(14-3)12(10)15-4/h5-7,9,13H,8H2,1-4H3. The first-order valence-corrected chi connectivity index (χ1v) is 5.10. The summed E-state index contributed by atoms with van der Waals surface area (Å²) in [6, 6.07) is 5.97. The van der Waals surface area contributed by atoms with Gasteiger partial charge in [-0.2, -0.15) is 0 Å². The van der Waals surface area contributed by atoms with Crippen molar-refractivity contribution in [2.45, 2.75) is 12.8 Å². The molecule has 0 saturated heterocycles. The maximum absolute atomic E-state index is 5.38. The zero-order valence-electron chi connectivity index (χ0n) is 9.83. The van der Waals surface area contributed by atoms with Crippen molar-refractivity contribution in [3.63, 3.8) is 0 Å². The van der Waals surface area contributed by atoms with Crippen LogP contribution in [-0.2, 0) is 0 Å². The minimum absolute atomic E-state index is 0.403. The number of nitrogens with one attached hydrogen (secondary N) is 1. The van der Waals surface area contributed by atoms with E-state index in [0.717, 1.165) is 18.0 Å². The number of likely N-dealkylation sites (N-methyl/N-ethyl adjacent to an activating group) is 1. The fraction of sp³-hybridized carbons (Fsp3) is 0.500. The highest BCUT2D eigenvalue weighted by atomic mass is 16.5. The highest BCUT2D eigenvalue weighted by Gasteiger charge is 2.14. The Labute approximate surface area is 91.4 Å². The number of rotatable bonds is 5. The van der Waals surface area contributed by atoms with Gasteiger partial charge in [0, 0.05) is 12.1 Å². The fourth-order valence-corrected chi connectivity index (χ4v) is 1.72. The van der Waals surface area contributed by atoms with Gasteiger partial charge in [-0.05, 0) is 19.0 Å². The summed E-state index contributed by atoms with van der Waals surface area (Å²) in [6.07, 6.45) is 0. The lowest BCUT2D eigenvalue weighted by Crippen LogP contribution is -2.15. The van der Waals surface area contributed by atoms with Crippen molar-refractivity contribution >= 4 is 0 Å². The van der Waals surface area contributed by atoms with Crippen LogP contribution in [0.15, 0.2) is 18.2 Å². The SMILES string of the molecule is CNCC(C)c1cccc(OC)c1OC. The molecule has 0 heterocycles. The van der Waals surface area contributed by atoms with Gasteiger partial charge in [0.2, 0.25) is 0 Å². The minimum Gasteiger partial charge on any atom is -0.493 e. The quantitative estimate of drug-likeness (QED) is 0.805. The van der Waals surface area contributed by atoms with Gasteiger partial charge in [0.1, 0.15) is 0 Å². The fourth-order valence-electron chi connectivity index (χ4n) is 1.72. The molecule has 1 aromatic carbocycles. The number of benzene rings is 1. The molecule has 1 atom stereocenters. The smallest absolute Gasteiger partial charge is 0.164 e. The number of hydrogen-bond donors (Lipinski definition) is 1. The van der Waals surface area contributed by atoms with E-state index in [4.69, 9.17) is 9.47 Å². The van der Waals surface area contributed by atoms with E-state index in [-0.39, 0.29) is 0 Å². The second-order valence-electron chi connectivity index (χ2n) is 3.54. The summed E-state index contributed by atoms with van der Waals surface area (Å²) in [5.41, 5.74) is 1.17. The van der Waals surface area contributed by atoms with Crippen LogP contribution in [0, 0.1) is 0 Å². The number of methoxy groups -OCH3 is 2. The third-order valence-electron chi connectivity index (χ3n) is 2.47. The van der Waals surface area contributed by atoms with Crippen molar-refractivity contribution in [1.82, 2.24) is 5.32 Å². The monoisotopic (exact) mass is 209 g/mol. The van der Waals surface area contributed by atoms with Gasteiger partial charge in [-0.15, -0.1) is 0 Å². The molecule has 0 aliphatic heterocycles. The molecule has 84 valence electrons. The first-order valence-electron chi connectivity index (χ1n) is 5.10. The molecule has 15 heavy (non-hydrogen) atoms. The molecule has 1 N–H and O–H groups in total. The Kier molecular flexibility index (Phi) is 4.43. The van der Waals surface area contributed by atoms with E-state index in [1.165, 1.54) is 5.56 Å². The third-order valence-corrected chi connectivity index (χ3v) is 2.47. The van der Waals surface area contributed by atoms with Crippen LogP contribution in [0.5, 0.6) is 11.5 Å². The molecule has 0 bridgehead atoms. The molecule has 1 aromatic rings. The summed E-state index contributed by atoms with van der Waals surface area (Å²) in [7, 11) is 5.28. The van der Waals surface area contributed by atoms with Gasteiger partial charge in [0.25, 0.3) is 0 Å². The molecule has 3 heteroatoms. The maximum Gasteiger partial charge on any atom is 0.164 e. The van der Waals surface area contributed by atoms with Crippen molar-refractivity contribution in [3.8, 4) is 11.5 Å². The van der Waals surface area contributed by atoms with Crippen LogP contribution in [0.1, 0.15) is 18.4 Å². The second kappa shape index (κ2) is 5.61.